The maximum atomic E-state index is 11.1. The van der Waals surface area contributed by atoms with E-state index in [0.717, 1.165) is 0 Å². The van der Waals surface area contributed by atoms with Crippen LogP contribution >= 0.6 is 0 Å². The number of hydrogen-bond acceptors (Lipinski definition) is 4. The van der Waals surface area contributed by atoms with Crippen LogP contribution in [-0.4, -0.2) is 20.2 Å². The van der Waals surface area contributed by atoms with Gasteiger partial charge in [-0.05, 0) is 18.2 Å². The van der Waals surface area contributed by atoms with E-state index in [9.17, 15) is 4.79 Å². The van der Waals surface area contributed by atoms with Crippen molar-refractivity contribution < 1.29 is 4.74 Å². The van der Waals surface area contributed by atoms with Crippen molar-refractivity contribution in [2.75, 3.05) is 0 Å². The van der Waals surface area contributed by atoms with Crippen LogP contribution in [0.3, 0.4) is 0 Å². The number of benzene rings is 1. The molecule has 0 saturated carbocycles. The second kappa shape index (κ2) is 4.77. The molecule has 3 aromatic rings. The van der Waals surface area contributed by atoms with Crippen LogP contribution in [0.2, 0.25) is 0 Å². The number of ether oxygens (including phenoxy) is 1. The highest BCUT2D eigenvalue weighted by Crippen LogP contribution is 2.19. The lowest BCUT2D eigenvalue weighted by molar-refractivity contribution is 0.442. The minimum atomic E-state index is -0.209. The number of aromatic nitrogens is 4. The van der Waals surface area contributed by atoms with Crippen LogP contribution < -0.4 is 10.3 Å². The van der Waals surface area contributed by atoms with Crippen molar-refractivity contribution in [1.29, 1.82) is 0 Å². The number of nitrogens with zero attached hydrogens (tertiary/aromatic N) is 2. The molecule has 0 radical (unpaired) electrons. The Labute approximate surface area is 108 Å². The standard InChI is InChI=1S/C13H10N4O2/c18-12-8-11(16-17-12)10-6-7-14-13(15-10)19-9-4-2-1-3-5-9/h1-8H,(H2,16,17,18). The normalized spacial score (nSPS) is 10.3. The predicted molar refractivity (Wildman–Crippen MR) is 69.0 cm³/mol. The summed E-state index contributed by atoms with van der Waals surface area (Å²) in [5, 5.41) is 5.18. The van der Waals surface area contributed by atoms with E-state index in [4.69, 9.17) is 4.74 Å². The fourth-order valence-corrected chi connectivity index (χ4v) is 1.60. The van der Waals surface area contributed by atoms with E-state index in [1.54, 1.807) is 12.3 Å². The summed E-state index contributed by atoms with van der Waals surface area (Å²) >= 11 is 0. The van der Waals surface area contributed by atoms with E-state index >= 15 is 0 Å². The molecule has 0 bridgehead atoms. The highest BCUT2D eigenvalue weighted by atomic mass is 16.5. The molecule has 0 saturated heterocycles. The van der Waals surface area contributed by atoms with Gasteiger partial charge in [0.1, 0.15) is 5.75 Å². The van der Waals surface area contributed by atoms with Gasteiger partial charge in [0.05, 0.1) is 11.4 Å². The van der Waals surface area contributed by atoms with Gasteiger partial charge in [0.25, 0.3) is 5.56 Å². The molecular formula is C13H10N4O2. The molecule has 2 heterocycles. The van der Waals surface area contributed by atoms with Gasteiger partial charge in [-0.15, -0.1) is 0 Å². The molecular weight excluding hydrogens is 244 g/mol. The van der Waals surface area contributed by atoms with Crippen LogP contribution in [0.25, 0.3) is 11.4 Å². The Morgan fingerprint density at radius 3 is 2.63 bits per heavy atom. The maximum absolute atomic E-state index is 11.1. The van der Waals surface area contributed by atoms with Crippen molar-refractivity contribution >= 4 is 0 Å². The summed E-state index contributed by atoms with van der Waals surface area (Å²) in [5.74, 6) is 0.655. The van der Waals surface area contributed by atoms with Crippen molar-refractivity contribution in [3.63, 3.8) is 0 Å². The largest absolute Gasteiger partial charge is 0.424 e. The fraction of sp³-hybridized carbons (Fsp3) is 0. The van der Waals surface area contributed by atoms with Crippen molar-refractivity contribution in [1.82, 2.24) is 20.2 Å². The lowest BCUT2D eigenvalue weighted by Gasteiger charge is -2.04. The average molecular weight is 254 g/mol. The van der Waals surface area contributed by atoms with Crippen molar-refractivity contribution in [2.24, 2.45) is 0 Å². The van der Waals surface area contributed by atoms with Crippen molar-refractivity contribution in [2.45, 2.75) is 0 Å². The van der Waals surface area contributed by atoms with E-state index in [1.165, 1.54) is 6.07 Å². The zero-order valence-electron chi connectivity index (χ0n) is 9.83. The summed E-state index contributed by atoms with van der Waals surface area (Å²) in [7, 11) is 0. The summed E-state index contributed by atoms with van der Waals surface area (Å²) in [6, 6.07) is 12.6. The first-order valence-electron chi connectivity index (χ1n) is 5.65. The summed E-state index contributed by atoms with van der Waals surface area (Å²) in [4.78, 5) is 19.3. The molecule has 0 fully saturated rings. The summed E-state index contributed by atoms with van der Waals surface area (Å²) in [5.41, 5.74) is 0.962. The molecule has 0 aliphatic carbocycles. The topological polar surface area (TPSA) is 83.7 Å². The Bertz CT molecular complexity index is 733. The highest BCUT2D eigenvalue weighted by molar-refractivity contribution is 5.52. The Kier molecular flexibility index (Phi) is 2.82. The van der Waals surface area contributed by atoms with Gasteiger partial charge in [0.2, 0.25) is 0 Å². The smallest absolute Gasteiger partial charge is 0.322 e. The number of nitrogens with one attached hydrogen (secondary N) is 2. The zero-order valence-corrected chi connectivity index (χ0v) is 9.83. The van der Waals surface area contributed by atoms with Crippen LogP contribution in [-0.2, 0) is 0 Å². The van der Waals surface area contributed by atoms with E-state index in [1.807, 2.05) is 30.3 Å². The second-order valence-corrected chi connectivity index (χ2v) is 3.81. The molecule has 6 nitrogen and oxygen atoms in total. The van der Waals surface area contributed by atoms with Gasteiger partial charge in [-0.3, -0.25) is 15.0 Å². The third-order valence-electron chi connectivity index (χ3n) is 2.46. The SMILES string of the molecule is O=c1cc(-c2ccnc(Oc3ccccc3)n2)[nH][nH]1. The number of hydrogen-bond donors (Lipinski definition) is 2. The zero-order chi connectivity index (χ0) is 13.1. The van der Waals surface area contributed by atoms with Gasteiger partial charge in [-0.2, -0.15) is 4.98 Å². The molecule has 1 aromatic carbocycles. The fourth-order valence-electron chi connectivity index (χ4n) is 1.60. The number of para-hydroxylation sites is 1. The first kappa shape index (κ1) is 11.2. The Morgan fingerprint density at radius 1 is 1.05 bits per heavy atom. The number of H-pyrrole nitrogens is 2. The van der Waals surface area contributed by atoms with E-state index in [0.29, 0.717) is 17.1 Å². The molecule has 0 amide bonds. The molecule has 2 N–H and O–H groups in total. The summed E-state index contributed by atoms with van der Waals surface area (Å²) < 4.78 is 5.52. The summed E-state index contributed by atoms with van der Waals surface area (Å²) in [6.45, 7) is 0. The quantitative estimate of drug-likeness (QED) is 0.748. The molecule has 0 unspecified atom stereocenters. The van der Waals surface area contributed by atoms with Gasteiger partial charge in [0, 0.05) is 12.3 Å². The maximum Gasteiger partial charge on any atom is 0.322 e. The second-order valence-electron chi connectivity index (χ2n) is 3.81. The van der Waals surface area contributed by atoms with Gasteiger partial charge < -0.3 is 4.74 Å². The molecule has 0 aliphatic rings. The van der Waals surface area contributed by atoms with Crippen LogP contribution in [0, 0.1) is 0 Å². The number of rotatable bonds is 3. The Balaban J connectivity index is 1.90. The summed E-state index contributed by atoms with van der Waals surface area (Å²) in [6.07, 6.45) is 1.58. The first-order valence-corrected chi connectivity index (χ1v) is 5.65. The minimum Gasteiger partial charge on any atom is -0.424 e. The van der Waals surface area contributed by atoms with E-state index in [-0.39, 0.29) is 11.6 Å². The third kappa shape index (κ3) is 2.52. The van der Waals surface area contributed by atoms with Crippen molar-refractivity contribution in [3.05, 3.63) is 59.0 Å². The molecule has 3 rings (SSSR count). The molecule has 6 heteroatoms. The first-order chi connectivity index (χ1) is 9.31. The molecule has 2 aromatic heterocycles. The molecule has 94 valence electrons. The van der Waals surface area contributed by atoms with Crippen LogP contribution in [0.5, 0.6) is 11.8 Å². The van der Waals surface area contributed by atoms with Crippen LogP contribution in [0.1, 0.15) is 0 Å². The minimum absolute atomic E-state index is 0.209. The highest BCUT2D eigenvalue weighted by Gasteiger charge is 2.05. The Hall–Kier alpha value is -2.89. The van der Waals surface area contributed by atoms with E-state index < -0.39 is 0 Å². The monoisotopic (exact) mass is 254 g/mol. The predicted octanol–water partition coefficient (Wildman–Crippen LogP) is 1.95. The molecule has 0 aliphatic heterocycles. The van der Waals surface area contributed by atoms with Gasteiger partial charge in [-0.25, -0.2) is 4.98 Å². The van der Waals surface area contributed by atoms with Gasteiger partial charge >= 0.3 is 6.01 Å². The molecule has 0 atom stereocenters. The van der Waals surface area contributed by atoms with Crippen LogP contribution in [0.4, 0.5) is 0 Å². The molecule has 0 spiro atoms. The van der Waals surface area contributed by atoms with Crippen LogP contribution in [0.15, 0.2) is 53.5 Å². The van der Waals surface area contributed by atoms with E-state index in [2.05, 4.69) is 20.2 Å². The van der Waals surface area contributed by atoms with Gasteiger partial charge in [-0.1, -0.05) is 18.2 Å². The lowest BCUT2D eigenvalue weighted by atomic mass is 10.3. The third-order valence-corrected chi connectivity index (χ3v) is 2.46. The molecule has 19 heavy (non-hydrogen) atoms. The van der Waals surface area contributed by atoms with Crippen molar-refractivity contribution in [3.8, 4) is 23.1 Å². The van der Waals surface area contributed by atoms with Gasteiger partial charge in [0.15, 0.2) is 0 Å². The average Bonchev–Trinajstić information content (AvgIpc) is 2.87. The lowest BCUT2D eigenvalue weighted by Crippen LogP contribution is -1.94. The number of aromatic amines is 2. The Morgan fingerprint density at radius 2 is 1.89 bits per heavy atom.